The predicted octanol–water partition coefficient (Wildman–Crippen LogP) is 4.20. The average molecular weight is 421 g/mol. The number of benzene rings is 1. The highest BCUT2D eigenvalue weighted by atomic mass is 16.5. The molecule has 6 heteroatoms. The largest absolute Gasteiger partial charge is 0.494 e. The van der Waals surface area contributed by atoms with Gasteiger partial charge in [0.25, 0.3) is 5.91 Å². The van der Waals surface area contributed by atoms with Gasteiger partial charge in [-0.3, -0.25) is 9.69 Å². The summed E-state index contributed by atoms with van der Waals surface area (Å²) in [6.07, 6.45) is 2.37. The lowest BCUT2D eigenvalue weighted by molar-refractivity contribution is -0.142. The quantitative estimate of drug-likeness (QED) is 0.514. The van der Waals surface area contributed by atoms with Gasteiger partial charge in [0, 0.05) is 32.4 Å². The number of rotatable bonds is 12. The van der Waals surface area contributed by atoms with Crippen LogP contribution >= 0.6 is 0 Å². The zero-order chi connectivity index (χ0) is 22.0. The van der Waals surface area contributed by atoms with Gasteiger partial charge in [-0.05, 0) is 55.4 Å². The molecule has 1 fully saturated rings. The monoisotopic (exact) mass is 420 g/mol. The van der Waals surface area contributed by atoms with Crippen LogP contribution < -0.4 is 10.1 Å². The third-order valence-electron chi connectivity index (χ3n) is 5.38. The number of carbonyl (C=O) groups is 1. The Labute approximate surface area is 182 Å². The molecule has 0 aliphatic carbocycles. The minimum atomic E-state index is -0.809. The van der Waals surface area contributed by atoms with E-state index in [-0.39, 0.29) is 5.91 Å². The fourth-order valence-corrected chi connectivity index (χ4v) is 4.03. The smallest absolute Gasteiger partial charge is 0.256 e. The van der Waals surface area contributed by atoms with Crippen molar-refractivity contribution in [2.24, 2.45) is 11.8 Å². The van der Waals surface area contributed by atoms with Crippen molar-refractivity contribution >= 4 is 11.6 Å². The van der Waals surface area contributed by atoms with Crippen LogP contribution in [0.4, 0.5) is 5.69 Å². The second-order valence-corrected chi connectivity index (χ2v) is 9.03. The summed E-state index contributed by atoms with van der Waals surface area (Å²) in [5.41, 5.74) is -0.0496. The summed E-state index contributed by atoms with van der Waals surface area (Å²) in [7, 11) is 1.64. The molecular weight excluding hydrogens is 380 g/mol. The molecule has 0 bridgehead atoms. The molecule has 0 radical (unpaired) electrons. The lowest BCUT2D eigenvalue weighted by Gasteiger charge is -2.34. The zero-order valence-corrected chi connectivity index (χ0v) is 19.4. The molecule has 0 saturated carbocycles. The molecule has 0 spiro atoms. The summed E-state index contributed by atoms with van der Waals surface area (Å²) in [5, 5.41) is 3.04. The number of amides is 1. The maximum atomic E-state index is 13.1. The fraction of sp³-hybridized carbons (Fsp3) is 0.708. The van der Waals surface area contributed by atoms with Gasteiger partial charge in [-0.15, -0.1) is 0 Å². The number of anilines is 1. The summed E-state index contributed by atoms with van der Waals surface area (Å²) in [6.45, 7) is 13.8. The van der Waals surface area contributed by atoms with Crippen LogP contribution in [0.2, 0.25) is 0 Å². The molecule has 0 atom stereocenters. The molecule has 0 unspecified atom stereocenters. The molecule has 1 aliphatic heterocycles. The molecule has 1 saturated heterocycles. The van der Waals surface area contributed by atoms with Gasteiger partial charge in [0.05, 0.1) is 19.8 Å². The lowest BCUT2D eigenvalue weighted by Crippen LogP contribution is -2.46. The molecule has 1 aliphatic rings. The van der Waals surface area contributed by atoms with E-state index in [2.05, 4.69) is 37.9 Å². The molecule has 1 amide bonds. The van der Waals surface area contributed by atoms with E-state index < -0.39 is 5.60 Å². The normalized spacial score (nSPS) is 15.6. The van der Waals surface area contributed by atoms with Crippen LogP contribution in [-0.2, 0) is 14.3 Å². The number of nitrogens with zero attached hydrogens (tertiary/aromatic N) is 1. The number of ether oxygens (including phenoxy) is 3. The van der Waals surface area contributed by atoms with Crippen molar-refractivity contribution in [2.75, 3.05) is 51.9 Å². The SMILES string of the molecule is COC(CC(C)C)(CC(C)C)C(=O)Nc1ccc(OCCCN2CCOCC2)cc1. The third-order valence-corrected chi connectivity index (χ3v) is 5.38. The Kier molecular flexibility index (Phi) is 10.1. The van der Waals surface area contributed by atoms with Gasteiger partial charge in [-0.2, -0.15) is 0 Å². The highest BCUT2D eigenvalue weighted by molar-refractivity contribution is 5.97. The van der Waals surface area contributed by atoms with Gasteiger partial charge >= 0.3 is 0 Å². The second-order valence-electron chi connectivity index (χ2n) is 9.03. The van der Waals surface area contributed by atoms with Gasteiger partial charge < -0.3 is 19.5 Å². The highest BCUT2D eigenvalue weighted by Gasteiger charge is 2.39. The summed E-state index contributed by atoms with van der Waals surface area (Å²) in [4.78, 5) is 15.5. The standard InChI is InChI=1S/C24H40N2O4/c1-19(2)17-24(28-5,18-20(3)4)23(27)25-21-7-9-22(10-8-21)30-14-6-11-26-12-15-29-16-13-26/h7-10,19-20H,6,11-18H2,1-5H3,(H,25,27). The maximum absolute atomic E-state index is 13.1. The summed E-state index contributed by atoms with van der Waals surface area (Å²) in [5.74, 6) is 1.47. The van der Waals surface area contributed by atoms with Gasteiger partial charge in [0.15, 0.2) is 0 Å². The Bertz CT molecular complexity index is 615. The Morgan fingerprint density at radius 2 is 1.70 bits per heavy atom. The predicted molar refractivity (Wildman–Crippen MR) is 121 cm³/mol. The topological polar surface area (TPSA) is 60.0 Å². The maximum Gasteiger partial charge on any atom is 0.256 e. The molecule has 0 aromatic heterocycles. The number of methoxy groups -OCH3 is 1. The Hall–Kier alpha value is -1.63. The number of hydrogen-bond acceptors (Lipinski definition) is 5. The first-order chi connectivity index (χ1) is 14.3. The molecule has 1 aromatic carbocycles. The zero-order valence-electron chi connectivity index (χ0n) is 19.4. The van der Waals surface area contributed by atoms with E-state index in [1.807, 2.05) is 24.3 Å². The highest BCUT2D eigenvalue weighted by Crippen LogP contribution is 2.30. The second kappa shape index (κ2) is 12.3. The van der Waals surface area contributed by atoms with Crippen molar-refractivity contribution < 1.29 is 19.0 Å². The van der Waals surface area contributed by atoms with Gasteiger partial charge in [-0.1, -0.05) is 27.7 Å². The number of hydrogen-bond donors (Lipinski definition) is 1. The van der Waals surface area contributed by atoms with Crippen LogP contribution in [0, 0.1) is 11.8 Å². The Morgan fingerprint density at radius 1 is 1.10 bits per heavy atom. The van der Waals surface area contributed by atoms with E-state index in [0.29, 0.717) is 31.3 Å². The van der Waals surface area contributed by atoms with Crippen molar-refractivity contribution in [3.05, 3.63) is 24.3 Å². The molecule has 170 valence electrons. The van der Waals surface area contributed by atoms with E-state index in [9.17, 15) is 4.79 Å². The lowest BCUT2D eigenvalue weighted by atomic mass is 9.84. The Morgan fingerprint density at radius 3 is 2.23 bits per heavy atom. The van der Waals surface area contributed by atoms with Crippen LogP contribution in [0.3, 0.4) is 0 Å². The summed E-state index contributed by atoms with van der Waals surface area (Å²) in [6, 6.07) is 7.59. The van der Waals surface area contributed by atoms with E-state index in [1.54, 1.807) is 7.11 Å². The first-order valence-corrected chi connectivity index (χ1v) is 11.2. The van der Waals surface area contributed by atoms with Crippen molar-refractivity contribution in [3.8, 4) is 5.75 Å². The molecule has 1 heterocycles. The van der Waals surface area contributed by atoms with Crippen LogP contribution in [0.25, 0.3) is 0 Å². The number of carbonyl (C=O) groups excluding carboxylic acids is 1. The summed E-state index contributed by atoms with van der Waals surface area (Å²) >= 11 is 0. The van der Waals surface area contributed by atoms with Crippen molar-refractivity contribution in [3.63, 3.8) is 0 Å². The van der Waals surface area contributed by atoms with Crippen LogP contribution in [0.15, 0.2) is 24.3 Å². The molecule has 6 nitrogen and oxygen atoms in total. The molecule has 1 aromatic rings. The third kappa shape index (κ3) is 7.89. The van der Waals surface area contributed by atoms with Crippen molar-refractivity contribution in [1.29, 1.82) is 0 Å². The molecule has 1 N–H and O–H groups in total. The summed E-state index contributed by atoms with van der Waals surface area (Å²) < 4.78 is 17.0. The molecular formula is C24H40N2O4. The van der Waals surface area contributed by atoms with Gasteiger partial charge in [0.1, 0.15) is 11.4 Å². The van der Waals surface area contributed by atoms with Crippen LogP contribution in [0.5, 0.6) is 5.75 Å². The van der Waals surface area contributed by atoms with Crippen molar-refractivity contribution in [1.82, 2.24) is 4.90 Å². The van der Waals surface area contributed by atoms with Crippen LogP contribution in [0.1, 0.15) is 47.0 Å². The number of nitrogens with one attached hydrogen (secondary N) is 1. The fourth-order valence-electron chi connectivity index (χ4n) is 4.03. The number of morpholine rings is 1. The first kappa shape index (κ1) is 24.6. The van der Waals surface area contributed by atoms with E-state index in [4.69, 9.17) is 14.2 Å². The molecule has 30 heavy (non-hydrogen) atoms. The van der Waals surface area contributed by atoms with Crippen LogP contribution in [-0.4, -0.2) is 63.0 Å². The first-order valence-electron chi connectivity index (χ1n) is 11.2. The van der Waals surface area contributed by atoms with Gasteiger partial charge in [-0.25, -0.2) is 0 Å². The minimum absolute atomic E-state index is 0.0772. The minimum Gasteiger partial charge on any atom is -0.494 e. The van der Waals surface area contributed by atoms with E-state index in [1.165, 1.54) is 0 Å². The van der Waals surface area contributed by atoms with E-state index >= 15 is 0 Å². The molecule has 2 rings (SSSR count). The average Bonchev–Trinajstić information content (AvgIpc) is 2.71. The van der Waals surface area contributed by atoms with Gasteiger partial charge in [0.2, 0.25) is 0 Å². The van der Waals surface area contributed by atoms with E-state index in [0.717, 1.165) is 50.7 Å². The Balaban J connectivity index is 1.85. The van der Waals surface area contributed by atoms with Crippen molar-refractivity contribution in [2.45, 2.75) is 52.6 Å².